The van der Waals surface area contributed by atoms with E-state index in [-0.39, 0.29) is 24.8 Å². The van der Waals surface area contributed by atoms with Gasteiger partial charge in [-0.05, 0) is 35.2 Å². The number of halogens is 1. The molecule has 30 heavy (non-hydrogen) atoms. The van der Waals surface area contributed by atoms with Crippen molar-refractivity contribution >= 4 is 46.3 Å². The Labute approximate surface area is 183 Å². The Balaban J connectivity index is 1.82. The number of hydrogen-bond donors (Lipinski definition) is 2. The van der Waals surface area contributed by atoms with Crippen LogP contribution in [0, 0.1) is 0 Å². The molecule has 0 saturated carbocycles. The first-order chi connectivity index (χ1) is 14.4. The van der Waals surface area contributed by atoms with Gasteiger partial charge in [0, 0.05) is 25.1 Å². The molecule has 3 N–H and O–H groups in total. The molecule has 0 radical (unpaired) electrons. The van der Waals surface area contributed by atoms with E-state index in [1.165, 1.54) is 11.3 Å². The summed E-state index contributed by atoms with van der Waals surface area (Å²) in [4.78, 5) is 38.9. The van der Waals surface area contributed by atoms with Crippen molar-refractivity contribution in [2.75, 3.05) is 11.9 Å². The van der Waals surface area contributed by atoms with Gasteiger partial charge in [0.25, 0.3) is 11.8 Å². The summed E-state index contributed by atoms with van der Waals surface area (Å²) < 4.78 is 0. The number of amides is 3. The molecule has 0 atom stereocenters. The standard InChI is InChI=1S/C22H20ClN3O3S/c23-17-9-8-16(13-18(17)25-21(28)19-7-4-12-30-19)22(29)26(11-10-20(24)27)14-15-5-2-1-3-6-15/h1-9,12-13H,10-11,14H2,(H2,24,27)(H,25,28). The second-order valence-corrected chi connectivity index (χ2v) is 7.91. The van der Waals surface area contributed by atoms with E-state index >= 15 is 0 Å². The van der Waals surface area contributed by atoms with Gasteiger partial charge in [-0.15, -0.1) is 11.3 Å². The van der Waals surface area contributed by atoms with Gasteiger partial charge in [0.15, 0.2) is 0 Å². The number of nitrogens with two attached hydrogens (primary N) is 1. The van der Waals surface area contributed by atoms with Crippen LogP contribution < -0.4 is 11.1 Å². The van der Waals surface area contributed by atoms with Gasteiger partial charge in [-0.25, -0.2) is 0 Å². The molecule has 3 amide bonds. The lowest BCUT2D eigenvalue weighted by molar-refractivity contribution is -0.118. The number of carbonyl (C=O) groups excluding carboxylic acids is 3. The molecule has 0 unspecified atom stereocenters. The zero-order valence-corrected chi connectivity index (χ0v) is 17.6. The molecule has 6 nitrogen and oxygen atoms in total. The van der Waals surface area contributed by atoms with Gasteiger partial charge in [-0.2, -0.15) is 0 Å². The van der Waals surface area contributed by atoms with Gasteiger partial charge in [-0.3, -0.25) is 14.4 Å². The summed E-state index contributed by atoms with van der Waals surface area (Å²) in [5, 5.41) is 4.87. The Morgan fingerprint density at radius 1 is 1.03 bits per heavy atom. The average Bonchev–Trinajstić information content (AvgIpc) is 3.28. The molecule has 3 rings (SSSR count). The summed E-state index contributed by atoms with van der Waals surface area (Å²) in [6.07, 6.45) is 0.0497. The number of primary amides is 1. The number of carbonyl (C=O) groups is 3. The maximum atomic E-state index is 13.2. The predicted molar refractivity (Wildman–Crippen MR) is 119 cm³/mol. The van der Waals surface area contributed by atoms with Crippen LogP contribution in [-0.2, 0) is 11.3 Å². The van der Waals surface area contributed by atoms with Crippen LogP contribution in [0.3, 0.4) is 0 Å². The van der Waals surface area contributed by atoms with E-state index < -0.39 is 5.91 Å². The molecule has 0 spiro atoms. The Morgan fingerprint density at radius 2 is 1.80 bits per heavy atom. The first-order valence-electron chi connectivity index (χ1n) is 9.20. The Hall–Kier alpha value is -3.16. The largest absolute Gasteiger partial charge is 0.370 e. The van der Waals surface area contributed by atoms with E-state index in [0.29, 0.717) is 27.7 Å². The first kappa shape index (κ1) is 21.5. The molecule has 0 aliphatic carbocycles. The van der Waals surface area contributed by atoms with Crippen molar-refractivity contribution < 1.29 is 14.4 Å². The lowest BCUT2D eigenvalue weighted by Crippen LogP contribution is -2.33. The van der Waals surface area contributed by atoms with Crippen LogP contribution in [0.1, 0.15) is 32.0 Å². The highest BCUT2D eigenvalue weighted by Crippen LogP contribution is 2.25. The van der Waals surface area contributed by atoms with E-state index in [4.69, 9.17) is 17.3 Å². The third-order valence-electron chi connectivity index (χ3n) is 4.34. The minimum atomic E-state index is -0.485. The van der Waals surface area contributed by atoms with Crippen molar-refractivity contribution in [2.45, 2.75) is 13.0 Å². The quantitative estimate of drug-likeness (QED) is 0.549. The van der Waals surface area contributed by atoms with Crippen LogP contribution >= 0.6 is 22.9 Å². The van der Waals surface area contributed by atoms with Crippen LogP contribution in [-0.4, -0.2) is 29.2 Å². The second-order valence-electron chi connectivity index (χ2n) is 6.55. The van der Waals surface area contributed by atoms with Gasteiger partial charge in [-0.1, -0.05) is 48.0 Å². The Morgan fingerprint density at radius 3 is 2.47 bits per heavy atom. The van der Waals surface area contributed by atoms with Crippen molar-refractivity contribution in [1.29, 1.82) is 0 Å². The molecule has 0 aliphatic rings. The summed E-state index contributed by atoms with van der Waals surface area (Å²) in [7, 11) is 0. The fourth-order valence-corrected chi connectivity index (χ4v) is 3.61. The minimum absolute atomic E-state index is 0.0497. The molecule has 3 aromatic rings. The Bertz CT molecular complexity index is 1040. The molecule has 0 saturated heterocycles. The molecule has 0 bridgehead atoms. The number of benzene rings is 2. The molecular formula is C22H20ClN3O3S. The van der Waals surface area contributed by atoms with Crippen molar-refractivity contribution in [1.82, 2.24) is 4.90 Å². The van der Waals surface area contributed by atoms with Crippen molar-refractivity contribution in [3.63, 3.8) is 0 Å². The van der Waals surface area contributed by atoms with Crippen molar-refractivity contribution in [3.8, 4) is 0 Å². The molecular weight excluding hydrogens is 422 g/mol. The van der Waals surface area contributed by atoms with Crippen LogP contribution in [0.5, 0.6) is 0 Å². The van der Waals surface area contributed by atoms with Crippen LogP contribution in [0.2, 0.25) is 5.02 Å². The lowest BCUT2D eigenvalue weighted by atomic mass is 10.1. The van der Waals surface area contributed by atoms with E-state index in [2.05, 4.69) is 5.32 Å². The number of hydrogen-bond acceptors (Lipinski definition) is 4. The highest BCUT2D eigenvalue weighted by atomic mass is 35.5. The van der Waals surface area contributed by atoms with Gasteiger partial charge >= 0.3 is 0 Å². The van der Waals surface area contributed by atoms with E-state index in [0.717, 1.165) is 5.56 Å². The van der Waals surface area contributed by atoms with Crippen molar-refractivity contribution in [3.05, 3.63) is 87.1 Å². The fraction of sp³-hybridized carbons (Fsp3) is 0.136. The smallest absolute Gasteiger partial charge is 0.265 e. The van der Waals surface area contributed by atoms with Crippen LogP contribution in [0.25, 0.3) is 0 Å². The average molecular weight is 442 g/mol. The monoisotopic (exact) mass is 441 g/mol. The summed E-state index contributed by atoms with van der Waals surface area (Å²) in [5.74, 6) is -1.07. The van der Waals surface area contributed by atoms with E-state index in [9.17, 15) is 14.4 Å². The third-order valence-corrected chi connectivity index (χ3v) is 5.54. The molecule has 0 fully saturated rings. The lowest BCUT2D eigenvalue weighted by Gasteiger charge is -2.23. The van der Waals surface area contributed by atoms with Gasteiger partial charge in [0.05, 0.1) is 15.6 Å². The van der Waals surface area contributed by atoms with E-state index in [1.807, 2.05) is 30.3 Å². The fourth-order valence-electron chi connectivity index (χ4n) is 2.83. The molecule has 8 heteroatoms. The van der Waals surface area contributed by atoms with Crippen LogP contribution in [0.15, 0.2) is 66.0 Å². The van der Waals surface area contributed by atoms with Gasteiger partial charge < -0.3 is 16.0 Å². The number of nitrogens with zero attached hydrogens (tertiary/aromatic N) is 1. The highest BCUT2D eigenvalue weighted by Gasteiger charge is 2.19. The van der Waals surface area contributed by atoms with Gasteiger partial charge in [0.2, 0.25) is 5.91 Å². The zero-order valence-electron chi connectivity index (χ0n) is 16.0. The maximum Gasteiger partial charge on any atom is 0.265 e. The number of thiophene rings is 1. The Kier molecular flexibility index (Phi) is 7.21. The number of rotatable bonds is 8. The molecule has 154 valence electrons. The van der Waals surface area contributed by atoms with Crippen molar-refractivity contribution in [2.24, 2.45) is 5.73 Å². The molecule has 0 aliphatic heterocycles. The summed E-state index contributed by atoms with van der Waals surface area (Å²) in [5.41, 5.74) is 6.90. The number of anilines is 1. The van der Waals surface area contributed by atoms with Gasteiger partial charge in [0.1, 0.15) is 0 Å². The normalized spacial score (nSPS) is 10.4. The maximum absolute atomic E-state index is 13.2. The summed E-state index contributed by atoms with van der Waals surface area (Å²) in [6.45, 7) is 0.509. The second kappa shape index (κ2) is 10.0. The topological polar surface area (TPSA) is 92.5 Å². The summed E-state index contributed by atoms with van der Waals surface area (Å²) >= 11 is 7.53. The highest BCUT2D eigenvalue weighted by molar-refractivity contribution is 7.12. The predicted octanol–water partition coefficient (Wildman–Crippen LogP) is 4.17. The third kappa shape index (κ3) is 5.68. The first-order valence-corrected chi connectivity index (χ1v) is 10.5. The zero-order chi connectivity index (χ0) is 21.5. The molecule has 1 heterocycles. The SMILES string of the molecule is NC(=O)CCN(Cc1ccccc1)C(=O)c1ccc(Cl)c(NC(=O)c2cccs2)c1. The molecule has 2 aromatic carbocycles. The number of nitrogens with one attached hydrogen (secondary N) is 1. The minimum Gasteiger partial charge on any atom is -0.370 e. The van der Waals surface area contributed by atoms with Crippen LogP contribution in [0.4, 0.5) is 5.69 Å². The van der Waals surface area contributed by atoms with E-state index in [1.54, 1.807) is 40.6 Å². The molecule has 1 aromatic heterocycles. The summed E-state index contributed by atoms with van der Waals surface area (Å²) in [6, 6.07) is 17.6.